The summed E-state index contributed by atoms with van der Waals surface area (Å²) in [5.74, 6) is 0.310. The van der Waals surface area contributed by atoms with Crippen molar-refractivity contribution in [1.29, 1.82) is 0 Å². The van der Waals surface area contributed by atoms with Crippen LogP contribution in [0, 0.1) is 6.92 Å². The fourth-order valence-corrected chi connectivity index (χ4v) is 5.06. The van der Waals surface area contributed by atoms with Crippen molar-refractivity contribution in [2.75, 3.05) is 5.32 Å². The van der Waals surface area contributed by atoms with Crippen molar-refractivity contribution in [3.05, 3.63) is 156 Å². The highest BCUT2D eigenvalue weighted by Gasteiger charge is 2.17. The monoisotopic (exact) mass is 690 g/mol. The van der Waals surface area contributed by atoms with E-state index in [1.54, 1.807) is 0 Å². The van der Waals surface area contributed by atoms with Gasteiger partial charge in [-0.05, 0) is 103 Å². The summed E-state index contributed by atoms with van der Waals surface area (Å²) < 4.78 is 0. The molecule has 51 heavy (non-hydrogen) atoms. The minimum absolute atomic E-state index is 0.118. The average molecular weight is 690 g/mol. The first kappa shape index (κ1) is 49.0. The second kappa shape index (κ2) is 29.6. The molecule has 1 atom stereocenters. The molecule has 0 heterocycles. The lowest BCUT2D eigenvalue weighted by Crippen LogP contribution is -2.12. The molecule has 1 heteroatoms. The summed E-state index contributed by atoms with van der Waals surface area (Å²) in [5, 5.41) is 3.72. The van der Waals surface area contributed by atoms with Gasteiger partial charge < -0.3 is 5.32 Å². The van der Waals surface area contributed by atoms with Crippen molar-refractivity contribution in [3.8, 4) is 0 Å². The molecule has 0 amide bonds. The van der Waals surface area contributed by atoms with E-state index in [4.69, 9.17) is 0 Å². The third kappa shape index (κ3) is 19.2. The maximum absolute atomic E-state index is 4.07. The molecule has 0 bridgehead atoms. The van der Waals surface area contributed by atoms with Gasteiger partial charge in [-0.1, -0.05) is 192 Å². The highest BCUT2D eigenvalue weighted by atomic mass is 14.9. The summed E-state index contributed by atoms with van der Waals surface area (Å²) in [6, 6.07) is 24.0. The van der Waals surface area contributed by atoms with E-state index in [0.717, 1.165) is 24.9 Å². The second-order valence-electron chi connectivity index (χ2n) is 12.6. The molecule has 0 saturated heterocycles. The van der Waals surface area contributed by atoms with Crippen LogP contribution in [0.3, 0.4) is 0 Å². The number of aryl methyl sites for hydroxylation is 1. The molecule has 1 unspecified atom stereocenters. The van der Waals surface area contributed by atoms with E-state index >= 15 is 0 Å². The van der Waals surface area contributed by atoms with Gasteiger partial charge in [0.15, 0.2) is 0 Å². The molecule has 3 rings (SSSR count). The van der Waals surface area contributed by atoms with Gasteiger partial charge in [-0.15, -0.1) is 0 Å². The summed E-state index contributed by atoms with van der Waals surface area (Å²) in [5.41, 5.74) is 11.5. The fourth-order valence-electron chi connectivity index (χ4n) is 5.06. The minimum atomic E-state index is 0.118. The molecule has 1 nitrogen and oxygen atoms in total. The maximum atomic E-state index is 4.07. The molecule has 0 aliphatic heterocycles. The number of hydrogen-bond acceptors (Lipinski definition) is 1. The minimum Gasteiger partial charge on any atom is -0.355 e. The number of benzene rings is 3. The van der Waals surface area contributed by atoms with E-state index in [1.165, 1.54) is 44.7 Å². The van der Waals surface area contributed by atoms with Gasteiger partial charge in [-0.3, -0.25) is 0 Å². The van der Waals surface area contributed by atoms with E-state index in [-0.39, 0.29) is 5.41 Å². The lowest BCUT2D eigenvalue weighted by atomic mass is 9.84. The van der Waals surface area contributed by atoms with Crippen molar-refractivity contribution in [3.63, 3.8) is 0 Å². The van der Waals surface area contributed by atoms with Crippen LogP contribution in [0.5, 0.6) is 0 Å². The van der Waals surface area contributed by atoms with E-state index in [2.05, 4.69) is 182 Å². The van der Waals surface area contributed by atoms with Gasteiger partial charge in [0.05, 0.1) is 0 Å². The lowest BCUT2D eigenvalue weighted by molar-refractivity contribution is 0.589. The van der Waals surface area contributed by atoms with E-state index in [0.29, 0.717) is 5.92 Å². The number of anilines is 2. The highest BCUT2D eigenvalue weighted by Crippen LogP contribution is 2.34. The Morgan fingerprint density at radius 3 is 2.00 bits per heavy atom. The van der Waals surface area contributed by atoms with Crippen molar-refractivity contribution in [2.24, 2.45) is 0 Å². The SMILES string of the molecule is C/C=C\C=C/C(C)c1cc(C(C)(C)C)ccc1Nc1cccc(/C(=C\C=C/C)CCC)c1.C=C(C/C=C\C)c1ccccc1C.CC.CC.CC. The predicted molar refractivity (Wildman–Crippen MR) is 239 cm³/mol. The Balaban J connectivity index is 0. The molecule has 3 aromatic rings. The molecule has 1 N–H and O–H groups in total. The average Bonchev–Trinajstić information content (AvgIpc) is 3.15. The van der Waals surface area contributed by atoms with Gasteiger partial charge in [0.1, 0.15) is 0 Å². The summed E-state index contributed by atoms with van der Waals surface area (Å²) in [4.78, 5) is 0. The van der Waals surface area contributed by atoms with Gasteiger partial charge >= 0.3 is 0 Å². The van der Waals surface area contributed by atoms with E-state index in [9.17, 15) is 0 Å². The predicted octanol–water partition coefficient (Wildman–Crippen LogP) is 16.8. The summed E-state index contributed by atoms with van der Waals surface area (Å²) in [6.07, 6.45) is 22.4. The van der Waals surface area contributed by atoms with Crippen LogP contribution in [-0.4, -0.2) is 0 Å². The van der Waals surface area contributed by atoms with Gasteiger partial charge in [0, 0.05) is 17.3 Å². The van der Waals surface area contributed by atoms with Crippen molar-refractivity contribution in [2.45, 2.75) is 134 Å². The molecule has 0 fully saturated rings. The van der Waals surface area contributed by atoms with Crippen LogP contribution in [0.15, 0.2) is 128 Å². The number of rotatable bonds is 12. The Bertz CT molecular complexity index is 1500. The Hall–Kier alpha value is -4.10. The van der Waals surface area contributed by atoms with Gasteiger partial charge in [0.25, 0.3) is 0 Å². The highest BCUT2D eigenvalue weighted by molar-refractivity contribution is 5.73. The molecule has 3 aromatic carbocycles. The van der Waals surface area contributed by atoms with Crippen molar-refractivity contribution >= 4 is 22.5 Å². The number of allylic oxidation sites excluding steroid dienone is 11. The maximum Gasteiger partial charge on any atom is 0.0422 e. The van der Waals surface area contributed by atoms with Crippen LogP contribution in [-0.2, 0) is 5.41 Å². The summed E-state index contributed by atoms with van der Waals surface area (Å²) >= 11 is 0. The van der Waals surface area contributed by atoms with Crippen LogP contribution < -0.4 is 5.32 Å². The van der Waals surface area contributed by atoms with Gasteiger partial charge in [-0.25, -0.2) is 0 Å². The normalized spacial score (nSPS) is 11.9. The van der Waals surface area contributed by atoms with Crippen molar-refractivity contribution in [1.82, 2.24) is 0 Å². The zero-order valence-corrected chi connectivity index (χ0v) is 35.5. The first-order valence-corrected chi connectivity index (χ1v) is 19.5. The van der Waals surface area contributed by atoms with E-state index < -0.39 is 0 Å². The quantitative estimate of drug-likeness (QED) is 0.147. The molecule has 0 spiro atoms. The Labute approximate surface area is 317 Å². The van der Waals surface area contributed by atoms with Crippen LogP contribution in [0.1, 0.15) is 150 Å². The first-order chi connectivity index (χ1) is 24.5. The summed E-state index contributed by atoms with van der Waals surface area (Å²) in [7, 11) is 0. The molecule has 0 saturated carbocycles. The molecular formula is C50H75N. The third-order valence-corrected chi connectivity index (χ3v) is 7.76. The zero-order chi connectivity index (χ0) is 39.2. The lowest BCUT2D eigenvalue weighted by Gasteiger charge is -2.23. The largest absolute Gasteiger partial charge is 0.355 e. The van der Waals surface area contributed by atoms with Gasteiger partial charge in [0.2, 0.25) is 0 Å². The van der Waals surface area contributed by atoms with Crippen LogP contribution >= 0.6 is 0 Å². The van der Waals surface area contributed by atoms with E-state index in [1.807, 2.05) is 55.4 Å². The molecule has 0 aromatic heterocycles. The Morgan fingerprint density at radius 2 is 1.43 bits per heavy atom. The molecule has 0 aliphatic rings. The van der Waals surface area contributed by atoms with Crippen LogP contribution in [0.25, 0.3) is 11.1 Å². The Morgan fingerprint density at radius 1 is 0.784 bits per heavy atom. The number of nitrogens with one attached hydrogen (secondary N) is 1. The van der Waals surface area contributed by atoms with Crippen molar-refractivity contribution < 1.29 is 0 Å². The molecule has 0 radical (unpaired) electrons. The zero-order valence-electron chi connectivity index (χ0n) is 35.5. The standard InChI is InChI=1S/C31H41N.C13H16.3C2H6/c1-8-11-13-16-24(4)29-23-27(31(5,6)7)20-21-30(29)32-28-19-14-18-26(22-28)25(15-10-3)17-12-9-2;1-4-5-8-11(2)13-10-7-6-9-12(13)3;3*1-2/h8-9,11-14,16-24,32H,10,15H2,1-7H3;4-7,9-10H,2,8H2,1,3H3;3*1-2H3/b11-8-,12-9-,16-13-,25-17-;5-4-;;;. The van der Waals surface area contributed by atoms with Gasteiger partial charge in [-0.2, -0.15) is 0 Å². The molecular weight excluding hydrogens is 615 g/mol. The topological polar surface area (TPSA) is 12.0 Å². The molecule has 280 valence electrons. The van der Waals surface area contributed by atoms with Crippen LogP contribution in [0.2, 0.25) is 0 Å². The molecule has 0 aliphatic carbocycles. The summed E-state index contributed by atoms with van der Waals surface area (Å²) in [6.45, 7) is 35.7. The second-order valence-corrected chi connectivity index (χ2v) is 12.6. The number of hydrogen-bond donors (Lipinski definition) is 1. The first-order valence-electron chi connectivity index (χ1n) is 19.5. The fraction of sp³-hybridized carbons (Fsp3) is 0.400. The van der Waals surface area contributed by atoms with Crippen LogP contribution in [0.4, 0.5) is 11.4 Å². The third-order valence-electron chi connectivity index (χ3n) is 7.76. The Kier molecular flexibility index (Phi) is 28.5. The smallest absolute Gasteiger partial charge is 0.0422 e.